The molecule has 27 heavy (non-hydrogen) atoms. The van der Waals surface area contributed by atoms with Crippen LogP contribution in [0.2, 0.25) is 0 Å². The quantitative estimate of drug-likeness (QED) is 0.221. The number of aliphatic imine (C=N–C) groups is 1. The van der Waals surface area contributed by atoms with Crippen LogP contribution in [0, 0.1) is 5.82 Å². The molecule has 4 N–H and O–H groups in total. The van der Waals surface area contributed by atoms with Crippen molar-refractivity contribution < 1.29 is 18.8 Å². The van der Waals surface area contributed by atoms with E-state index in [0.717, 1.165) is 0 Å². The van der Waals surface area contributed by atoms with Crippen LogP contribution in [0.5, 0.6) is 0 Å². The molecule has 1 aliphatic heterocycles. The van der Waals surface area contributed by atoms with Gasteiger partial charge in [0.25, 0.3) is 0 Å². The van der Waals surface area contributed by atoms with Crippen molar-refractivity contribution in [1.29, 1.82) is 0 Å². The van der Waals surface area contributed by atoms with Crippen molar-refractivity contribution in [3.63, 3.8) is 0 Å². The van der Waals surface area contributed by atoms with Gasteiger partial charge in [0.05, 0.1) is 10.2 Å². The zero-order chi connectivity index (χ0) is 19.4. The van der Waals surface area contributed by atoms with E-state index in [1.54, 1.807) is 6.66 Å². The Balaban J connectivity index is 1.71. The number of halogens is 2. The van der Waals surface area contributed by atoms with Gasteiger partial charge in [-0.2, -0.15) is 0 Å². The zero-order valence-corrected chi connectivity index (χ0v) is 16.8. The molecule has 3 rings (SSSR count). The largest absolute Gasteiger partial charge is 0.364 e. The lowest BCUT2D eigenvalue weighted by Crippen LogP contribution is -2.26. The third-order valence-corrected chi connectivity index (χ3v) is 6.84. The van der Waals surface area contributed by atoms with Crippen LogP contribution in [0.1, 0.15) is 5.69 Å². The van der Waals surface area contributed by atoms with Crippen molar-refractivity contribution in [2.75, 3.05) is 38.2 Å². The number of benzene rings is 1. The second-order valence-electron chi connectivity index (χ2n) is 5.80. The Morgan fingerprint density at radius 3 is 3.04 bits per heavy atom. The molecule has 2 heterocycles. The highest BCUT2D eigenvalue weighted by Gasteiger charge is 2.29. The van der Waals surface area contributed by atoms with Gasteiger partial charge in [-0.05, 0) is 44.4 Å². The van der Waals surface area contributed by atoms with Crippen LogP contribution in [0.3, 0.4) is 0 Å². The summed E-state index contributed by atoms with van der Waals surface area (Å²) in [7, 11) is -2.48. The number of amidine groups is 1. The lowest BCUT2D eigenvalue weighted by molar-refractivity contribution is 0.234. The standard InChI is InChI=1S/C14H18BrFN7O3P/c1-27(25)18-5-7-23(27)6-4-17-13-12(21-26-22-13)14(20-24)19-9-2-3-11(16)10(15)8-9/h2-3,8,24H,4-7H2,1H3,(H,17,22)(H,18,25)(H,19,20). The van der Waals surface area contributed by atoms with E-state index in [9.17, 15) is 14.2 Å². The summed E-state index contributed by atoms with van der Waals surface area (Å²) in [6.07, 6.45) is 0. The van der Waals surface area contributed by atoms with Crippen molar-refractivity contribution in [1.82, 2.24) is 25.6 Å². The molecular formula is C14H18BrFN7O3P. The van der Waals surface area contributed by atoms with Crippen LogP contribution in [-0.2, 0) is 4.57 Å². The van der Waals surface area contributed by atoms with Gasteiger partial charge in [-0.3, -0.25) is 20.3 Å². The average Bonchev–Trinajstić information content (AvgIpc) is 3.22. The third kappa shape index (κ3) is 4.71. The molecule has 10 nitrogen and oxygen atoms in total. The molecule has 0 saturated carbocycles. The highest BCUT2D eigenvalue weighted by molar-refractivity contribution is 9.10. The topological polar surface area (TPSA) is 128 Å². The normalized spacial score (nSPS) is 20.8. The lowest BCUT2D eigenvalue weighted by atomic mass is 10.3. The predicted molar refractivity (Wildman–Crippen MR) is 101 cm³/mol. The minimum Gasteiger partial charge on any atom is -0.364 e. The van der Waals surface area contributed by atoms with Crippen LogP contribution in [0.25, 0.3) is 0 Å². The lowest BCUT2D eigenvalue weighted by Gasteiger charge is -2.20. The molecule has 0 bridgehead atoms. The molecular weight excluding hydrogens is 444 g/mol. The number of nitrogens with zero attached hydrogens (tertiary/aromatic N) is 4. The number of anilines is 1. The van der Waals surface area contributed by atoms with Crippen molar-refractivity contribution in [2.24, 2.45) is 4.99 Å². The number of nitrogens with one attached hydrogen (secondary N) is 3. The fraction of sp³-hybridized carbons (Fsp3) is 0.357. The van der Waals surface area contributed by atoms with E-state index >= 15 is 0 Å². The Kier molecular flexibility index (Phi) is 6.22. The minimum atomic E-state index is -2.48. The van der Waals surface area contributed by atoms with Gasteiger partial charge in [0, 0.05) is 32.8 Å². The van der Waals surface area contributed by atoms with Crippen LogP contribution >= 0.6 is 23.4 Å². The van der Waals surface area contributed by atoms with Gasteiger partial charge in [-0.15, -0.1) is 0 Å². The molecule has 1 fully saturated rings. The van der Waals surface area contributed by atoms with E-state index in [1.165, 1.54) is 18.2 Å². The number of aromatic nitrogens is 2. The summed E-state index contributed by atoms with van der Waals surface area (Å²) in [6, 6.07) is 4.13. The Morgan fingerprint density at radius 2 is 2.37 bits per heavy atom. The van der Waals surface area contributed by atoms with E-state index in [1.807, 2.05) is 10.2 Å². The molecule has 0 spiro atoms. The molecule has 1 unspecified atom stereocenters. The van der Waals surface area contributed by atoms with Gasteiger partial charge in [-0.25, -0.2) is 18.7 Å². The van der Waals surface area contributed by atoms with Crippen molar-refractivity contribution in [3.8, 4) is 0 Å². The summed E-state index contributed by atoms with van der Waals surface area (Å²) in [4.78, 5) is 4.18. The van der Waals surface area contributed by atoms with E-state index in [-0.39, 0.29) is 21.8 Å². The number of hydrogen-bond donors (Lipinski definition) is 4. The van der Waals surface area contributed by atoms with Gasteiger partial charge in [0.1, 0.15) is 5.82 Å². The Hall–Kier alpha value is -1.85. The molecule has 0 amide bonds. The van der Waals surface area contributed by atoms with E-state index in [2.05, 4.69) is 41.6 Å². The average molecular weight is 462 g/mol. The van der Waals surface area contributed by atoms with Crippen molar-refractivity contribution in [2.45, 2.75) is 0 Å². The monoisotopic (exact) mass is 461 g/mol. The van der Waals surface area contributed by atoms with Gasteiger partial charge in [0.15, 0.2) is 11.5 Å². The predicted octanol–water partition coefficient (Wildman–Crippen LogP) is 2.17. The van der Waals surface area contributed by atoms with Crippen LogP contribution in [-0.4, -0.2) is 58.9 Å². The Labute approximate surface area is 162 Å². The third-order valence-electron chi connectivity index (χ3n) is 3.94. The number of hydroxylamine groups is 1. The summed E-state index contributed by atoms with van der Waals surface area (Å²) in [5, 5.41) is 22.9. The van der Waals surface area contributed by atoms with Crippen molar-refractivity contribution >= 4 is 40.7 Å². The Morgan fingerprint density at radius 1 is 1.56 bits per heavy atom. The molecule has 13 heteroatoms. The molecule has 2 aromatic rings. The van der Waals surface area contributed by atoms with Gasteiger partial charge in [-0.1, -0.05) is 0 Å². The molecule has 1 aromatic heterocycles. The van der Waals surface area contributed by atoms with Crippen molar-refractivity contribution in [3.05, 3.63) is 34.2 Å². The number of hydrogen-bond acceptors (Lipinski definition) is 7. The Bertz CT molecular complexity index is 893. The maximum absolute atomic E-state index is 13.3. The van der Waals surface area contributed by atoms with Gasteiger partial charge < -0.3 is 5.32 Å². The first-order valence-electron chi connectivity index (χ1n) is 7.99. The molecule has 1 aliphatic rings. The molecule has 1 saturated heterocycles. The zero-order valence-electron chi connectivity index (χ0n) is 14.3. The van der Waals surface area contributed by atoms with Gasteiger partial charge in [0.2, 0.25) is 13.3 Å². The van der Waals surface area contributed by atoms with Crippen LogP contribution < -0.4 is 15.9 Å². The highest BCUT2D eigenvalue weighted by atomic mass is 79.9. The fourth-order valence-electron chi connectivity index (χ4n) is 2.56. The maximum atomic E-state index is 13.3. The summed E-state index contributed by atoms with van der Waals surface area (Å²) >= 11 is 3.08. The maximum Gasteiger partial charge on any atom is 0.211 e. The van der Waals surface area contributed by atoms with E-state index in [0.29, 0.717) is 31.9 Å². The summed E-state index contributed by atoms with van der Waals surface area (Å²) in [5.74, 6) is -0.196. The first-order chi connectivity index (χ1) is 12.9. The van der Waals surface area contributed by atoms with Crippen LogP contribution in [0.4, 0.5) is 15.9 Å². The second-order valence-corrected chi connectivity index (χ2v) is 9.29. The second kappa shape index (κ2) is 8.44. The molecule has 1 aromatic carbocycles. The SMILES string of the molecule is CP1(=O)NCCN1CCNc1nonc1C(=Nc1ccc(F)c(Br)c1)NO. The summed E-state index contributed by atoms with van der Waals surface area (Å²) in [5.41, 5.74) is 2.47. The molecule has 0 aliphatic carbocycles. The molecule has 146 valence electrons. The molecule has 0 radical (unpaired) electrons. The summed E-state index contributed by atoms with van der Waals surface area (Å²) in [6.45, 7) is 4.02. The van der Waals surface area contributed by atoms with Crippen LogP contribution in [0.15, 0.2) is 32.3 Å². The smallest absolute Gasteiger partial charge is 0.211 e. The minimum absolute atomic E-state index is 0.0266. The molecule has 1 atom stereocenters. The fourth-order valence-corrected chi connectivity index (χ4v) is 4.60. The number of rotatable bonds is 6. The van der Waals surface area contributed by atoms with E-state index in [4.69, 9.17) is 4.63 Å². The van der Waals surface area contributed by atoms with E-state index < -0.39 is 13.3 Å². The first-order valence-corrected chi connectivity index (χ1v) is 10.9. The summed E-state index contributed by atoms with van der Waals surface area (Å²) < 4.78 is 32.4. The van der Waals surface area contributed by atoms with Gasteiger partial charge >= 0.3 is 0 Å². The first kappa shape index (κ1) is 19.9. The highest BCUT2D eigenvalue weighted by Crippen LogP contribution is 2.43.